The summed E-state index contributed by atoms with van der Waals surface area (Å²) in [5.74, 6) is 0.0856. The van der Waals surface area contributed by atoms with Crippen LogP contribution in [-0.4, -0.2) is 37.5 Å². The highest BCUT2D eigenvalue weighted by Crippen LogP contribution is 1.95. The number of Topliss-reactive ketones (excluding diaryl/α,β-unsaturated/α-hetero) is 1. The molecule has 1 atom stereocenters. The van der Waals surface area contributed by atoms with E-state index >= 15 is 0 Å². The lowest BCUT2D eigenvalue weighted by Crippen LogP contribution is -2.46. The van der Waals surface area contributed by atoms with Crippen molar-refractivity contribution >= 4 is 17.4 Å². The normalized spacial score (nSPS) is 26.3. The predicted octanol–water partition coefficient (Wildman–Crippen LogP) is -0.217. The van der Waals surface area contributed by atoms with Gasteiger partial charge in [0, 0.05) is 6.54 Å². The summed E-state index contributed by atoms with van der Waals surface area (Å²) in [6.45, 7) is 1.89. The van der Waals surface area contributed by atoms with E-state index in [0.717, 1.165) is 6.54 Å². The second-order valence-electron chi connectivity index (χ2n) is 2.18. The first-order chi connectivity index (χ1) is 4.84. The van der Waals surface area contributed by atoms with Gasteiger partial charge in [0.15, 0.2) is 5.78 Å². The zero-order valence-electron chi connectivity index (χ0n) is 5.60. The van der Waals surface area contributed by atoms with Crippen LogP contribution in [0.25, 0.3) is 0 Å². The summed E-state index contributed by atoms with van der Waals surface area (Å²) < 4.78 is 5.06. The van der Waals surface area contributed by atoms with Crippen molar-refractivity contribution in [2.24, 2.45) is 0 Å². The van der Waals surface area contributed by atoms with Gasteiger partial charge < -0.3 is 10.1 Å². The number of rotatable bonds is 2. The number of halogens is 1. The Morgan fingerprint density at radius 3 is 3.10 bits per heavy atom. The maximum absolute atomic E-state index is 10.9. The quantitative estimate of drug-likeness (QED) is 0.573. The van der Waals surface area contributed by atoms with Gasteiger partial charge in [-0.2, -0.15) is 0 Å². The Hall–Kier alpha value is -0.120. The first-order valence-electron chi connectivity index (χ1n) is 3.24. The number of carbonyl (C=O) groups is 1. The fraction of sp³-hybridized carbons (Fsp3) is 0.833. The molecule has 0 aromatic carbocycles. The Balaban J connectivity index is 2.31. The molecule has 10 heavy (non-hydrogen) atoms. The molecule has 0 aromatic rings. The minimum Gasteiger partial charge on any atom is -0.378 e. The van der Waals surface area contributed by atoms with Crippen LogP contribution in [0.1, 0.15) is 0 Å². The lowest BCUT2D eigenvalue weighted by molar-refractivity contribution is -0.121. The Labute approximate surface area is 64.7 Å². The molecule has 1 N–H and O–H groups in total. The molecule has 0 aromatic heterocycles. The molecule has 0 bridgehead atoms. The summed E-state index contributed by atoms with van der Waals surface area (Å²) in [6.07, 6.45) is 0. The SMILES string of the molecule is O=C(CCl)C1COCCN1. The van der Waals surface area contributed by atoms with E-state index in [0.29, 0.717) is 13.2 Å². The average Bonchev–Trinajstić information content (AvgIpc) is 2.05. The molecule has 1 rings (SSSR count). The third-order valence-corrected chi connectivity index (χ3v) is 1.71. The van der Waals surface area contributed by atoms with Crippen LogP contribution in [-0.2, 0) is 9.53 Å². The molecule has 3 nitrogen and oxygen atoms in total. The van der Waals surface area contributed by atoms with Crippen LogP contribution in [0, 0.1) is 0 Å². The van der Waals surface area contributed by atoms with Gasteiger partial charge in [-0.15, -0.1) is 11.6 Å². The van der Waals surface area contributed by atoms with Crippen LogP contribution in [0.15, 0.2) is 0 Å². The summed E-state index contributed by atoms with van der Waals surface area (Å²) in [7, 11) is 0. The van der Waals surface area contributed by atoms with Gasteiger partial charge in [-0.1, -0.05) is 0 Å². The molecule has 0 amide bonds. The maximum atomic E-state index is 10.9. The highest BCUT2D eigenvalue weighted by Gasteiger charge is 2.19. The standard InChI is InChI=1S/C6H10ClNO2/c7-3-6(9)5-4-10-2-1-8-5/h5,8H,1-4H2. The van der Waals surface area contributed by atoms with Crippen LogP contribution < -0.4 is 5.32 Å². The van der Waals surface area contributed by atoms with Crippen molar-refractivity contribution in [1.29, 1.82) is 0 Å². The molecule has 1 fully saturated rings. The lowest BCUT2D eigenvalue weighted by Gasteiger charge is -2.21. The van der Waals surface area contributed by atoms with E-state index in [1.807, 2.05) is 0 Å². The van der Waals surface area contributed by atoms with E-state index in [4.69, 9.17) is 16.3 Å². The largest absolute Gasteiger partial charge is 0.378 e. The molecule has 1 heterocycles. The van der Waals surface area contributed by atoms with Crippen LogP contribution in [0.4, 0.5) is 0 Å². The summed E-state index contributed by atoms with van der Waals surface area (Å²) >= 11 is 5.34. The summed E-state index contributed by atoms with van der Waals surface area (Å²) in [4.78, 5) is 10.9. The van der Waals surface area contributed by atoms with Crippen molar-refractivity contribution in [3.8, 4) is 0 Å². The number of ether oxygens (including phenoxy) is 1. The zero-order valence-corrected chi connectivity index (χ0v) is 6.36. The molecule has 0 aliphatic carbocycles. The molecule has 0 radical (unpaired) electrons. The molecule has 58 valence electrons. The highest BCUT2D eigenvalue weighted by molar-refractivity contribution is 6.28. The minimum atomic E-state index is -0.175. The fourth-order valence-corrected chi connectivity index (χ4v) is 1.05. The van der Waals surface area contributed by atoms with Gasteiger partial charge in [0.25, 0.3) is 0 Å². The number of morpholine rings is 1. The third-order valence-electron chi connectivity index (χ3n) is 1.44. The number of alkyl halides is 1. The maximum Gasteiger partial charge on any atom is 0.166 e. The second kappa shape index (κ2) is 3.91. The van der Waals surface area contributed by atoms with E-state index in [1.165, 1.54) is 0 Å². The van der Waals surface area contributed by atoms with Crippen molar-refractivity contribution in [3.63, 3.8) is 0 Å². The van der Waals surface area contributed by atoms with Gasteiger partial charge in [-0.3, -0.25) is 4.79 Å². The van der Waals surface area contributed by atoms with Crippen LogP contribution >= 0.6 is 11.6 Å². The van der Waals surface area contributed by atoms with Crippen LogP contribution in [0.3, 0.4) is 0 Å². The van der Waals surface area contributed by atoms with E-state index in [1.54, 1.807) is 0 Å². The Kier molecular flexibility index (Phi) is 3.12. The van der Waals surface area contributed by atoms with E-state index in [2.05, 4.69) is 5.32 Å². The van der Waals surface area contributed by atoms with Crippen LogP contribution in [0.2, 0.25) is 0 Å². The number of hydrogen-bond acceptors (Lipinski definition) is 3. The fourth-order valence-electron chi connectivity index (χ4n) is 0.865. The van der Waals surface area contributed by atoms with Crippen LogP contribution in [0.5, 0.6) is 0 Å². The van der Waals surface area contributed by atoms with Crippen molar-refractivity contribution in [1.82, 2.24) is 5.32 Å². The van der Waals surface area contributed by atoms with Crippen molar-refractivity contribution in [2.75, 3.05) is 25.6 Å². The number of nitrogens with one attached hydrogen (secondary N) is 1. The first-order valence-corrected chi connectivity index (χ1v) is 3.78. The molecule has 1 unspecified atom stereocenters. The number of carbonyl (C=O) groups excluding carboxylic acids is 1. The summed E-state index contributed by atoms with van der Waals surface area (Å²) in [5.41, 5.74) is 0. The van der Waals surface area contributed by atoms with Crippen molar-refractivity contribution in [3.05, 3.63) is 0 Å². The van der Waals surface area contributed by atoms with Gasteiger partial charge in [0.1, 0.15) is 0 Å². The van der Waals surface area contributed by atoms with Crippen molar-refractivity contribution in [2.45, 2.75) is 6.04 Å². The Morgan fingerprint density at radius 2 is 2.60 bits per heavy atom. The Bertz CT molecular complexity index is 123. The first kappa shape index (κ1) is 7.98. The van der Waals surface area contributed by atoms with Gasteiger partial charge in [0.05, 0.1) is 25.1 Å². The zero-order chi connectivity index (χ0) is 7.40. The number of ketones is 1. The van der Waals surface area contributed by atoms with Gasteiger partial charge in [-0.05, 0) is 0 Å². The molecule has 0 spiro atoms. The van der Waals surface area contributed by atoms with E-state index < -0.39 is 0 Å². The lowest BCUT2D eigenvalue weighted by atomic mass is 10.2. The third kappa shape index (κ3) is 1.94. The molecular formula is C6H10ClNO2. The smallest absolute Gasteiger partial charge is 0.166 e. The molecule has 1 aliphatic heterocycles. The topological polar surface area (TPSA) is 38.3 Å². The molecule has 1 saturated heterocycles. The second-order valence-corrected chi connectivity index (χ2v) is 2.45. The van der Waals surface area contributed by atoms with E-state index in [9.17, 15) is 4.79 Å². The minimum absolute atomic E-state index is 0.0152. The monoisotopic (exact) mass is 163 g/mol. The van der Waals surface area contributed by atoms with Crippen molar-refractivity contribution < 1.29 is 9.53 Å². The highest BCUT2D eigenvalue weighted by atomic mass is 35.5. The molecule has 1 aliphatic rings. The molecule has 4 heteroatoms. The molecule has 0 saturated carbocycles. The van der Waals surface area contributed by atoms with Gasteiger partial charge >= 0.3 is 0 Å². The van der Waals surface area contributed by atoms with Gasteiger partial charge in [-0.25, -0.2) is 0 Å². The average molecular weight is 164 g/mol. The summed E-state index contributed by atoms with van der Waals surface area (Å²) in [5, 5.41) is 3.01. The summed E-state index contributed by atoms with van der Waals surface area (Å²) in [6, 6.07) is -0.175. The van der Waals surface area contributed by atoms with E-state index in [-0.39, 0.29) is 17.7 Å². The number of hydrogen-bond donors (Lipinski definition) is 1. The molecular weight excluding hydrogens is 154 g/mol. The van der Waals surface area contributed by atoms with Gasteiger partial charge in [0.2, 0.25) is 0 Å². The Morgan fingerprint density at radius 1 is 1.80 bits per heavy atom. The predicted molar refractivity (Wildman–Crippen MR) is 38.3 cm³/mol.